The molecule has 0 aliphatic heterocycles. The normalized spacial score (nSPS) is 10.1. The van der Waals surface area contributed by atoms with Gasteiger partial charge < -0.3 is 4.52 Å². The molecule has 0 aliphatic carbocycles. The Kier molecular flexibility index (Phi) is 2.23. The first-order chi connectivity index (χ1) is 6.75. The molecule has 0 spiro atoms. The molecule has 0 aliphatic rings. The van der Waals surface area contributed by atoms with Crippen molar-refractivity contribution in [3.63, 3.8) is 0 Å². The first-order valence-corrected chi connectivity index (χ1v) is 4.64. The van der Waals surface area contributed by atoms with Gasteiger partial charge in [-0.05, 0) is 6.92 Å². The van der Waals surface area contributed by atoms with E-state index >= 15 is 0 Å². The van der Waals surface area contributed by atoms with Crippen LogP contribution in [0.3, 0.4) is 0 Å². The second kappa shape index (κ2) is 3.54. The minimum atomic E-state index is -0.373. The smallest absolute Gasteiger partial charge is 0.296 e. The van der Waals surface area contributed by atoms with Crippen molar-refractivity contribution >= 4 is 22.4 Å². The number of hydrogen-bond acceptors (Lipinski definition) is 6. The number of aryl methyl sites for hydroxylation is 1. The first-order valence-electron chi connectivity index (χ1n) is 3.76. The van der Waals surface area contributed by atoms with Gasteiger partial charge in [-0.2, -0.15) is 0 Å². The zero-order chi connectivity index (χ0) is 9.97. The highest BCUT2D eigenvalue weighted by molar-refractivity contribution is 7.13. The molecular weight excluding hydrogens is 204 g/mol. The molecule has 0 fully saturated rings. The van der Waals surface area contributed by atoms with E-state index in [9.17, 15) is 4.79 Å². The minimum absolute atomic E-state index is 0.165. The van der Waals surface area contributed by atoms with Crippen LogP contribution in [0, 0.1) is 6.92 Å². The minimum Gasteiger partial charge on any atom is -0.351 e. The third-order valence-corrected chi connectivity index (χ3v) is 2.04. The largest absolute Gasteiger partial charge is 0.351 e. The first kappa shape index (κ1) is 8.82. The Morgan fingerprint density at radius 3 is 3.07 bits per heavy atom. The fourth-order valence-electron chi connectivity index (χ4n) is 0.857. The third kappa shape index (κ3) is 1.77. The summed E-state index contributed by atoms with van der Waals surface area (Å²) in [5.41, 5.74) is 2.19. The average Bonchev–Trinajstić information content (AvgIpc) is 2.75. The lowest BCUT2D eigenvalue weighted by atomic mass is 10.4. The Bertz CT molecular complexity index is 436. The predicted molar refractivity (Wildman–Crippen MR) is 49.1 cm³/mol. The van der Waals surface area contributed by atoms with E-state index in [1.54, 1.807) is 13.0 Å². The molecule has 0 saturated carbocycles. The van der Waals surface area contributed by atoms with Gasteiger partial charge in [0.25, 0.3) is 5.91 Å². The molecule has 1 N–H and O–H groups in total. The van der Waals surface area contributed by atoms with Crippen molar-refractivity contribution in [1.29, 1.82) is 0 Å². The van der Waals surface area contributed by atoms with Crippen LogP contribution in [0.5, 0.6) is 0 Å². The lowest BCUT2D eigenvalue weighted by Gasteiger charge is -1.94. The highest BCUT2D eigenvalue weighted by atomic mass is 32.1. The summed E-state index contributed by atoms with van der Waals surface area (Å²) in [5.74, 6) is -0.208. The van der Waals surface area contributed by atoms with Crippen molar-refractivity contribution in [2.45, 2.75) is 6.92 Å². The standard InChI is InChI=1S/C7H6N4O2S/c1-4-2-5(13-11-4)6(12)9-7-10-8-3-14-7/h2-3H,1H3,(H,9,10,12). The molecule has 0 saturated heterocycles. The van der Waals surface area contributed by atoms with Crippen LogP contribution in [0.1, 0.15) is 16.2 Å². The molecule has 2 aromatic heterocycles. The number of carbonyl (C=O) groups is 1. The molecule has 0 bridgehead atoms. The van der Waals surface area contributed by atoms with Crippen LogP contribution in [0.4, 0.5) is 5.13 Å². The fourth-order valence-corrected chi connectivity index (χ4v) is 1.30. The number of anilines is 1. The van der Waals surface area contributed by atoms with E-state index in [4.69, 9.17) is 4.52 Å². The summed E-state index contributed by atoms with van der Waals surface area (Å²) >= 11 is 1.24. The SMILES string of the molecule is Cc1cc(C(=O)Nc2nncs2)on1. The van der Waals surface area contributed by atoms with Crippen LogP contribution < -0.4 is 5.32 Å². The van der Waals surface area contributed by atoms with Crippen molar-refractivity contribution in [1.82, 2.24) is 15.4 Å². The van der Waals surface area contributed by atoms with Crippen LogP contribution in [0.25, 0.3) is 0 Å². The zero-order valence-electron chi connectivity index (χ0n) is 7.22. The molecule has 72 valence electrons. The Morgan fingerprint density at radius 2 is 2.50 bits per heavy atom. The van der Waals surface area contributed by atoms with Crippen molar-refractivity contribution in [2.24, 2.45) is 0 Å². The summed E-state index contributed by atoms with van der Waals surface area (Å²) in [6.07, 6.45) is 0. The van der Waals surface area contributed by atoms with E-state index in [-0.39, 0.29) is 11.7 Å². The lowest BCUT2D eigenvalue weighted by molar-refractivity contribution is 0.0988. The Hall–Kier alpha value is -1.76. The molecule has 2 rings (SSSR count). The molecule has 1 amide bonds. The number of amides is 1. The summed E-state index contributed by atoms with van der Waals surface area (Å²) in [7, 11) is 0. The molecule has 2 heterocycles. The molecule has 7 heteroatoms. The maximum atomic E-state index is 11.4. The Labute approximate surface area is 82.9 Å². The van der Waals surface area contributed by atoms with Gasteiger partial charge in [0.05, 0.1) is 5.69 Å². The number of nitrogens with one attached hydrogen (secondary N) is 1. The quantitative estimate of drug-likeness (QED) is 0.802. The second-order valence-electron chi connectivity index (χ2n) is 2.53. The molecule has 0 radical (unpaired) electrons. The number of hydrogen-bond donors (Lipinski definition) is 1. The molecule has 0 aromatic carbocycles. The van der Waals surface area contributed by atoms with Gasteiger partial charge in [0.1, 0.15) is 5.51 Å². The third-order valence-electron chi connectivity index (χ3n) is 1.43. The van der Waals surface area contributed by atoms with Crippen LogP contribution in [0.15, 0.2) is 16.1 Å². The van der Waals surface area contributed by atoms with Gasteiger partial charge in [0, 0.05) is 6.07 Å². The fraction of sp³-hybridized carbons (Fsp3) is 0.143. The molecule has 0 unspecified atom stereocenters. The van der Waals surface area contributed by atoms with E-state index < -0.39 is 0 Å². The van der Waals surface area contributed by atoms with Gasteiger partial charge in [-0.3, -0.25) is 10.1 Å². The highest BCUT2D eigenvalue weighted by Gasteiger charge is 2.12. The van der Waals surface area contributed by atoms with Crippen molar-refractivity contribution in [3.8, 4) is 0 Å². The number of carbonyl (C=O) groups excluding carboxylic acids is 1. The predicted octanol–water partition coefficient (Wildman–Crippen LogP) is 1.09. The van der Waals surface area contributed by atoms with Gasteiger partial charge in [-0.15, -0.1) is 10.2 Å². The molecular formula is C7H6N4O2S. The van der Waals surface area contributed by atoms with E-state index in [2.05, 4.69) is 20.7 Å². The van der Waals surface area contributed by atoms with Crippen LogP contribution in [-0.4, -0.2) is 21.3 Å². The second-order valence-corrected chi connectivity index (χ2v) is 3.36. The Morgan fingerprint density at radius 1 is 1.64 bits per heavy atom. The van der Waals surface area contributed by atoms with Gasteiger partial charge >= 0.3 is 0 Å². The summed E-state index contributed by atoms with van der Waals surface area (Å²) in [6, 6.07) is 1.55. The number of nitrogens with zero attached hydrogens (tertiary/aromatic N) is 3. The van der Waals surface area contributed by atoms with Crippen LogP contribution >= 0.6 is 11.3 Å². The zero-order valence-corrected chi connectivity index (χ0v) is 8.04. The monoisotopic (exact) mass is 210 g/mol. The maximum Gasteiger partial charge on any atom is 0.296 e. The van der Waals surface area contributed by atoms with E-state index in [1.165, 1.54) is 16.8 Å². The molecule has 2 aromatic rings. The van der Waals surface area contributed by atoms with E-state index in [0.29, 0.717) is 10.8 Å². The van der Waals surface area contributed by atoms with E-state index in [0.717, 1.165) is 0 Å². The average molecular weight is 210 g/mol. The molecule has 14 heavy (non-hydrogen) atoms. The summed E-state index contributed by atoms with van der Waals surface area (Å²) in [6.45, 7) is 1.74. The topological polar surface area (TPSA) is 80.9 Å². The number of rotatable bonds is 2. The van der Waals surface area contributed by atoms with Gasteiger partial charge in [-0.25, -0.2) is 0 Å². The van der Waals surface area contributed by atoms with Crippen LogP contribution in [0.2, 0.25) is 0 Å². The Balaban J connectivity index is 2.10. The summed E-state index contributed by atoms with van der Waals surface area (Å²) in [5, 5.41) is 13.8. The van der Waals surface area contributed by atoms with Crippen LogP contribution in [-0.2, 0) is 0 Å². The van der Waals surface area contributed by atoms with Gasteiger partial charge in [-0.1, -0.05) is 16.5 Å². The lowest BCUT2D eigenvalue weighted by Crippen LogP contribution is -2.10. The summed E-state index contributed by atoms with van der Waals surface area (Å²) < 4.78 is 4.77. The van der Waals surface area contributed by atoms with E-state index in [1.807, 2.05) is 0 Å². The van der Waals surface area contributed by atoms with Crippen molar-refractivity contribution in [2.75, 3.05) is 5.32 Å². The van der Waals surface area contributed by atoms with Crippen molar-refractivity contribution < 1.29 is 9.32 Å². The molecule has 0 atom stereocenters. The summed E-state index contributed by atoms with van der Waals surface area (Å²) in [4.78, 5) is 11.4. The maximum absolute atomic E-state index is 11.4. The number of aromatic nitrogens is 3. The van der Waals surface area contributed by atoms with Crippen molar-refractivity contribution in [3.05, 3.63) is 23.0 Å². The van der Waals surface area contributed by atoms with Gasteiger partial charge in [0.2, 0.25) is 10.9 Å². The highest BCUT2D eigenvalue weighted by Crippen LogP contribution is 2.10. The van der Waals surface area contributed by atoms with Gasteiger partial charge in [0.15, 0.2) is 0 Å². The molecule has 6 nitrogen and oxygen atoms in total.